The molecule has 0 amide bonds. The molecule has 0 spiro atoms. The van der Waals surface area contributed by atoms with Crippen LogP contribution >= 0.6 is 0 Å². The smallest absolute Gasteiger partial charge is 0.227 e. The van der Waals surface area contributed by atoms with Crippen LogP contribution in [0.5, 0.6) is 0 Å². The second-order valence-corrected chi connectivity index (χ2v) is 7.45. The highest BCUT2D eigenvalue weighted by molar-refractivity contribution is 8.06. The monoisotopic (exact) mass is 230 g/mol. The van der Waals surface area contributed by atoms with Crippen molar-refractivity contribution >= 4 is 20.0 Å². The van der Waals surface area contributed by atoms with Gasteiger partial charge in [-0.1, -0.05) is 0 Å². The predicted molar refractivity (Wildman–Crippen MR) is 49.8 cm³/mol. The lowest BCUT2D eigenvalue weighted by Gasteiger charge is -2.19. The van der Waals surface area contributed by atoms with Crippen molar-refractivity contribution in [3.63, 3.8) is 0 Å². The largest absolute Gasteiger partial charge is 0.228 e. The van der Waals surface area contributed by atoms with Gasteiger partial charge >= 0.3 is 0 Å². The molecule has 0 saturated carbocycles. The van der Waals surface area contributed by atoms with Crippen LogP contribution in [-0.4, -0.2) is 27.5 Å². The van der Waals surface area contributed by atoms with Crippen LogP contribution in [0.15, 0.2) is 0 Å². The topological polar surface area (TPSA) is 106 Å². The standard InChI is InChI=1S/C5H14N2O4S2/c1-5(2,3)7-13(10,11)4-12(6,8)9/h7H,4H2,1-3H3,(H2,6,8,9). The van der Waals surface area contributed by atoms with Crippen molar-refractivity contribution in [1.82, 2.24) is 4.72 Å². The van der Waals surface area contributed by atoms with Crippen molar-refractivity contribution in [2.24, 2.45) is 5.14 Å². The molecule has 0 aliphatic rings. The van der Waals surface area contributed by atoms with Crippen LogP contribution in [0.4, 0.5) is 0 Å². The van der Waals surface area contributed by atoms with E-state index in [2.05, 4.69) is 9.86 Å². The Morgan fingerprint density at radius 1 is 1.15 bits per heavy atom. The van der Waals surface area contributed by atoms with Crippen molar-refractivity contribution in [3.8, 4) is 0 Å². The number of sulfonamides is 2. The van der Waals surface area contributed by atoms with E-state index in [1.807, 2.05) is 0 Å². The van der Waals surface area contributed by atoms with Gasteiger partial charge in [0.2, 0.25) is 20.0 Å². The minimum atomic E-state index is -4.00. The van der Waals surface area contributed by atoms with Crippen LogP contribution in [0.1, 0.15) is 20.8 Å². The lowest BCUT2D eigenvalue weighted by Crippen LogP contribution is -2.43. The van der Waals surface area contributed by atoms with Gasteiger partial charge < -0.3 is 0 Å². The summed E-state index contributed by atoms with van der Waals surface area (Å²) in [6.45, 7) is 4.81. The Kier molecular flexibility index (Phi) is 3.47. The molecule has 0 aliphatic heterocycles. The normalized spacial score (nSPS) is 14.5. The molecule has 0 atom stereocenters. The van der Waals surface area contributed by atoms with Crippen molar-refractivity contribution in [2.45, 2.75) is 26.3 Å². The molecule has 3 N–H and O–H groups in total. The molecule has 13 heavy (non-hydrogen) atoms. The quantitative estimate of drug-likeness (QED) is 0.645. The summed E-state index contributed by atoms with van der Waals surface area (Å²) in [6.07, 6.45) is 0. The summed E-state index contributed by atoms with van der Waals surface area (Å²) in [7, 11) is -7.86. The Morgan fingerprint density at radius 2 is 1.54 bits per heavy atom. The van der Waals surface area contributed by atoms with Crippen molar-refractivity contribution in [1.29, 1.82) is 0 Å². The zero-order chi connectivity index (χ0) is 10.9. The molecule has 0 aromatic heterocycles. The van der Waals surface area contributed by atoms with Crippen LogP contribution < -0.4 is 9.86 Å². The van der Waals surface area contributed by atoms with E-state index in [9.17, 15) is 16.8 Å². The molecular formula is C5H14N2O4S2. The number of hydrogen-bond donors (Lipinski definition) is 2. The van der Waals surface area contributed by atoms with Gasteiger partial charge in [0.15, 0.2) is 5.08 Å². The van der Waals surface area contributed by atoms with E-state index in [-0.39, 0.29) is 0 Å². The highest BCUT2D eigenvalue weighted by Crippen LogP contribution is 2.02. The predicted octanol–water partition coefficient (Wildman–Crippen LogP) is -1.05. The molecule has 0 rings (SSSR count). The zero-order valence-electron chi connectivity index (χ0n) is 7.73. The second-order valence-electron chi connectivity index (χ2n) is 3.75. The Bertz CT molecular complexity index is 362. The Labute approximate surface area is 78.6 Å². The molecule has 0 aromatic rings. The van der Waals surface area contributed by atoms with Gasteiger partial charge in [0.25, 0.3) is 0 Å². The minimum absolute atomic E-state index is 0.705. The molecule has 0 saturated heterocycles. The summed E-state index contributed by atoms with van der Waals surface area (Å²) < 4.78 is 45.3. The Morgan fingerprint density at radius 3 is 1.77 bits per heavy atom. The van der Waals surface area contributed by atoms with Crippen LogP contribution in [0.3, 0.4) is 0 Å². The van der Waals surface area contributed by atoms with Gasteiger partial charge in [-0.15, -0.1) is 0 Å². The number of nitrogens with one attached hydrogen (secondary N) is 1. The first-order chi connectivity index (χ1) is 5.41. The lowest BCUT2D eigenvalue weighted by molar-refractivity contribution is 0.493. The first-order valence-electron chi connectivity index (χ1n) is 3.43. The van der Waals surface area contributed by atoms with Crippen LogP contribution in [0.25, 0.3) is 0 Å². The molecular weight excluding hydrogens is 216 g/mol. The summed E-state index contributed by atoms with van der Waals surface area (Å²) in [6, 6.07) is 0. The fourth-order valence-electron chi connectivity index (χ4n) is 0.712. The summed E-state index contributed by atoms with van der Waals surface area (Å²) in [5.74, 6) is 0. The molecule has 0 fully saturated rings. The minimum Gasteiger partial charge on any atom is -0.228 e. The molecule has 8 heteroatoms. The summed E-state index contributed by atoms with van der Waals surface area (Å²) in [5, 5.41) is 3.51. The van der Waals surface area contributed by atoms with E-state index in [4.69, 9.17) is 0 Å². The Hall–Kier alpha value is -0.180. The fourth-order valence-corrected chi connectivity index (χ4v) is 3.61. The van der Waals surface area contributed by atoms with Crippen molar-refractivity contribution in [2.75, 3.05) is 5.08 Å². The van der Waals surface area contributed by atoms with Crippen molar-refractivity contribution < 1.29 is 16.8 Å². The van der Waals surface area contributed by atoms with Crippen LogP contribution in [0, 0.1) is 0 Å². The van der Waals surface area contributed by atoms with E-state index < -0.39 is 30.7 Å². The number of hydrogen-bond acceptors (Lipinski definition) is 4. The fraction of sp³-hybridized carbons (Fsp3) is 1.00. The van der Waals surface area contributed by atoms with Gasteiger partial charge in [-0.2, -0.15) is 0 Å². The van der Waals surface area contributed by atoms with Gasteiger partial charge in [0.1, 0.15) is 0 Å². The number of rotatable bonds is 3. The molecule has 0 heterocycles. The molecule has 0 aromatic carbocycles. The SMILES string of the molecule is CC(C)(C)NS(=O)(=O)CS(N)(=O)=O. The van der Waals surface area contributed by atoms with E-state index in [1.165, 1.54) is 0 Å². The third-order valence-electron chi connectivity index (χ3n) is 0.781. The third kappa shape index (κ3) is 8.16. The average Bonchev–Trinajstić information content (AvgIpc) is 1.43. The summed E-state index contributed by atoms with van der Waals surface area (Å²) >= 11 is 0. The van der Waals surface area contributed by atoms with Gasteiger partial charge in [0, 0.05) is 5.54 Å². The molecule has 0 bridgehead atoms. The van der Waals surface area contributed by atoms with E-state index in [0.717, 1.165) is 0 Å². The lowest BCUT2D eigenvalue weighted by atomic mass is 10.1. The van der Waals surface area contributed by atoms with E-state index in [1.54, 1.807) is 20.8 Å². The van der Waals surface area contributed by atoms with E-state index in [0.29, 0.717) is 0 Å². The Balaban J connectivity index is 4.65. The van der Waals surface area contributed by atoms with Crippen molar-refractivity contribution in [3.05, 3.63) is 0 Å². The van der Waals surface area contributed by atoms with Gasteiger partial charge in [-0.05, 0) is 20.8 Å². The second kappa shape index (κ2) is 3.52. The maximum absolute atomic E-state index is 11.1. The van der Waals surface area contributed by atoms with Gasteiger partial charge in [0.05, 0.1) is 0 Å². The van der Waals surface area contributed by atoms with Crippen LogP contribution in [-0.2, 0) is 20.0 Å². The molecule has 80 valence electrons. The first-order valence-corrected chi connectivity index (χ1v) is 6.80. The molecule has 6 nitrogen and oxygen atoms in total. The maximum atomic E-state index is 11.1. The first kappa shape index (κ1) is 12.8. The summed E-state index contributed by atoms with van der Waals surface area (Å²) in [5.41, 5.74) is -0.705. The zero-order valence-corrected chi connectivity index (χ0v) is 9.37. The maximum Gasteiger partial charge on any atom is 0.227 e. The molecule has 0 unspecified atom stereocenters. The highest BCUT2D eigenvalue weighted by Gasteiger charge is 2.24. The number of nitrogens with two attached hydrogens (primary N) is 1. The average molecular weight is 230 g/mol. The highest BCUT2D eigenvalue weighted by atomic mass is 32.3. The van der Waals surface area contributed by atoms with E-state index >= 15 is 0 Å². The number of primary sulfonamides is 1. The molecule has 0 aliphatic carbocycles. The van der Waals surface area contributed by atoms with Gasteiger partial charge in [-0.25, -0.2) is 26.7 Å². The van der Waals surface area contributed by atoms with Gasteiger partial charge in [-0.3, -0.25) is 0 Å². The van der Waals surface area contributed by atoms with Crippen LogP contribution in [0.2, 0.25) is 0 Å². The third-order valence-corrected chi connectivity index (χ3v) is 4.26. The molecule has 0 radical (unpaired) electrons. The summed E-state index contributed by atoms with van der Waals surface area (Å²) in [4.78, 5) is 0.